The lowest BCUT2D eigenvalue weighted by Gasteiger charge is -2.20. The number of aromatic nitrogens is 2. The fourth-order valence-corrected chi connectivity index (χ4v) is 2.19. The zero-order valence-corrected chi connectivity index (χ0v) is 8.85. The van der Waals surface area contributed by atoms with Crippen molar-refractivity contribution in [2.45, 2.75) is 38.5 Å². The van der Waals surface area contributed by atoms with E-state index in [9.17, 15) is 4.79 Å². The van der Waals surface area contributed by atoms with Gasteiger partial charge in [-0.15, -0.1) is 0 Å². The summed E-state index contributed by atoms with van der Waals surface area (Å²) in [5, 5.41) is 0. The Hall–Kier alpha value is -1.25. The Morgan fingerprint density at radius 1 is 1.20 bits per heavy atom. The first kappa shape index (κ1) is 10.3. The van der Waals surface area contributed by atoms with E-state index in [0.29, 0.717) is 18.2 Å². The summed E-state index contributed by atoms with van der Waals surface area (Å²) in [6.07, 6.45) is 10.1. The fourth-order valence-electron chi connectivity index (χ4n) is 2.19. The molecule has 0 radical (unpaired) electrons. The highest BCUT2D eigenvalue weighted by atomic mass is 16.1. The number of ketones is 1. The number of hydrogen-bond acceptors (Lipinski definition) is 3. The number of nitrogens with zero attached hydrogens (tertiary/aromatic N) is 2. The highest BCUT2D eigenvalue weighted by molar-refractivity contribution is 5.92. The van der Waals surface area contributed by atoms with Crippen LogP contribution in [0, 0.1) is 5.92 Å². The van der Waals surface area contributed by atoms with E-state index in [1.54, 1.807) is 18.5 Å². The molecule has 1 aliphatic rings. The summed E-state index contributed by atoms with van der Waals surface area (Å²) in [7, 11) is 0. The molecule has 1 aliphatic carbocycles. The van der Waals surface area contributed by atoms with Crippen LogP contribution in [0.4, 0.5) is 0 Å². The first-order valence-electron chi connectivity index (χ1n) is 5.66. The van der Waals surface area contributed by atoms with Crippen LogP contribution < -0.4 is 0 Å². The quantitative estimate of drug-likeness (QED) is 0.711. The molecular formula is C12H16N2O. The van der Waals surface area contributed by atoms with Crippen molar-refractivity contribution in [3.63, 3.8) is 0 Å². The Kier molecular flexibility index (Phi) is 3.43. The van der Waals surface area contributed by atoms with Gasteiger partial charge >= 0.3 is 0 Å². The van der Waals surface area contributed by atoms with Crippen LogP contribution in [0.25, 0.3) is 0 Å². The van der Waals surface area contributed by atoms with Gasteiger partial charge in [0.1, 0.15) is 0 Å². The molecule has 3 heteroatoms. The van der Waals surface area contributed by atoms with E-state index in [2.05, 4.69) is 9.97 Å². The highest BCUT2D eigenvalue weighted by Crippen LogP contribution is 2.26. The lowest BCUT2D eigenvalue weighted by atomic mass is 9.86. The average Bonchev–Trinajstić information content (AvgIpc) is 2.31. The van der Waals surface area contributed by atoms with Crippen molar-refractivity contribution >= 4 is 5.78 Å². The largest absolute Gasteiger partial charge is 0.291 e. The monoisotopic (exact) mass is 204 g/mol. The number of carbonyl (C=O) groups is 1. The van der Waals surface area contributed by atoms with Gasteiger partial charge in [-0.1, -0.05) is 32.1 Å². The molecule has 0 saturated heterocycles. The first-order chi connectivity index (χ1) is 7.36. The fraction of sp³-hybridized carbons (Fsp3) is 0.583. The van der Waals surface area contributed by atoms with E-state index in [1.807, 2.05) is 0 Å². The predicted molar refractivity (Wildman–Crippen MR) is 57.6 cm³/mol. The molecule has 15 heavy (non-hydrogen) atoms. The summed E-state index contributed by atoms with van der Waals surface area (Å²) in [4.78, 5) is 19.8. The Balaban J connectivity index is 1.91. The third-order valence-corrected chi connectivity index (χ3v) is 3.01. The molecule has 0 spiro atoms. The molecule has 1 saturated carbocycles. The molecule has 0 N–H and O–H groups in total. The first-order valence-corrected chi connectivity index (χ1v) is 5.66. The van der Waals surface area contributed by atoms with Gasteiger partial charge < -0.3 is 0 Å². The molecule has 3 nitrogen and oxygen atoms in total. The minimum Gasteiger partial charge on any atom is -0.291 e. The summed E-state index contributed by atoms with van der Waals surface area (Å²) in [6.45, 7) is 0. The number of carbonyl (C=O) groups excluding carboxylic acids is 1. The van der Waals surface area contributed by atoms with Crippen molar-refractivity contribution in [3.05, 3.63) is 24.3 Å². The summed E-state index contributed by atoms with van der Waals surface area (Å²) in [5.41, 5.74) is 0. The van der Waals surface area contributed by atoms with Crippen LogP contribution in [0.3, 0.4) is 0 Å². The van der Waals surface area contributed by atoms with Gasteiger partial charge in [0.15, 0.2) is 11.6 Å². The second-order valence-corrected chi connectivity index (χ2v) is 4.20. The van der Waals surface area contributed by atoms with Gasteiger partial charge in [-0.25, -0.2) is 9.97 Å². The average molecular weight is 204 g/mol. The maximum absolute atomic E-state index is 11.8. The van der Waals surface area contributed by atoms with Gasteiger partial charge in [0.2, 0.25) is 0 Å². The zero-order valence-electron chi connectivity index (χ0n) is 8.85. The van der Waals surface area contributed by atoms with E-state index < -0.39 is 0 Å². The predicted octanol–water partition coefficient (Wildman–Crippen LogP) is 2.63. The molecule has 0 bridgehead atoms. The number of hydrogen-bond donors (Lipinski definition) is 0. The number of rotatable bonds is 3. The highest BCUT2D eigenvalue weighted by Gasteiger charge is 2.18. The molecule has 0 aromatic carbocycles. The van der Waals surface area contributed by atoms with E-state index >= 15 is 0 Å². The molecule has 0 unspecified atom stereocenters. The third-order valence-electron chi connectivity index (χ3n) is 3.01. The lowest BCUT2D eigenvalue weighted by Crippen LogP contribution is -2.14. The van der Waals surface area contributed by atoms with Gasteiger partial charge in [0, 0.05) is 18.8 Å². The van der Waals surface area contributed by atoms with Gasteiger partial charge in [-0.3, -0.25) is 4.79 Å². The zero-order chi connectivity index (χ0) is 10.5. The summed E-state index contributed by atoms with van der Waals surface area (Å²) in [6, 6.07) is 1.73. The molecule has 1 aromatic rings. The van der Waals surface area contributed by atoms with E-state index in [-0.39, 0.29) is 5.78 Å². The summed E-state index contributed by atoms with van der Waals surface area (Å²) in [5.74, 6) is 1.04. The van der Waals surface area contributed by atoms with Crippen molar-refractivity contribution in [3.8, 4) is 0 Å². The van der Waals surface area contributed by atoms with E-state index in [0.717, 1.165) is 0 Å². The van der Waals surface area contributed by atoms with Crippen LogP contribution in [0.1, 0.15) is 49.1 Å². The van der Waals surface area contributed by atoms with E-state index in [4.69, 9.17) is 0 Å². The number of Topliss-reactive ketones (excluding diaryl/α,β-unsaturated/α-hetero) is 1. The van der Waals surface area contributed by atoms with Crippen molar-refractivity contribution < 1.29 is 4.79 Å². The van der Waals surface area contributed by atoms with Crippen LogP contribution in [-0.4, -0.2) is 15.8 Å². The second-order valence-electron chi connectivity index (χ2n) is 4.20. The van der Waals surface area contributed by atoms with Crippen LogP contribution >= 0.6 is 0 Å². The van der Waals surface area contributed by atoms with Crippen molar-refractivity contribution in [1.29, 1.82) is 0 Å². The second kappa shape index (κ2) is 5.01. The normalized spacial score (nSPS) is 17.6. The van der Waals surface area contributed by atoms with Crippen LogP contribution in [0.5, 0.6) is 0 Å². The standard InChI is InChI=1S/C12H16N2O/c15-11(12-13-7-4-8-14-12)9-10-5-2-1-3-6-10/h4,7-8,10H,1-3,5-6,9H2. The molecule has 1 aromatic heterocycles. The smallest absolute Gasteiger partial charge is 0.200 e. The van der Waals surface area contributed by atoms with Crippen LogP contribution in [-0.2, 0) is 0 Å². The molecule has 1 fully saturated rings. The van der Waals surface area contributed by atoms with Gasteiger partial charge in [0.05, 0.1) is 0 Å². The molecule has 2 rings (SSSR count). The molecule has 1 heterocycles. The third kappa shape index (κ3) is 2.85. The van der Waals surface area contributed by atoms with Gasteiger partial charge in [0.25, 0.3) is 0 Å². The topological polar surface area (TPSA) is 42.9 Å². The maximum atomic E-state index is 11.8. The Morgan fingerprint density at radius 2 is 1.87 bits per heavy atom. The molecule has 0 atom stereocenters. The molecule has 0 aliphatic heterocycles. The summed E-state index contributed by atoms with van der Waals surface area (Å²) < 4.78 is 0. The molecule has 0 amide bonds. The van der Waals surface area contributed by atoms with Crippen LogP contribution in [0.2, 0.25) is 0 Å². The van der Waals surface area contributed by atoms with E-state index in [1.165, 1.54) is 32.1 Å². The van der Waals surface area contributed by atoms with Crippen molar-refractivity contribution in [1.82, 2.24) is 9.97 Å². The maximum Gasteiger partial charge on any atom is 0.200 e. The minimum atomic E-state index is 0.0995. The van der Waals surface area contributed by atoms with Crippen molar-refractivity contribution in [2.75, 3.05) is 0 Å². The minimum absolute atomic E-state index is 0.0995. The van der Waals surface area contributed by atoms with Gasteiger partial charge in [-0.05, 0) is 12.0 Å². The molecule has 80 valence electrons. The summed E-state index contributed by atoms with van der Waals surface area (Å²) >= 11 is 0. The Labute approximate surface area is 89.9 Å². The van der Waals surface area contributed by atoms with Crippen LogP contribution in [0.15, 0.2) is 18.5 Å². The Morgan fingerprint density at radius 3 is 2.53 bits per heavy atom. The molecular weight excluding hydrogens is 188 g/mol. The Bertz CT molecular complexity index is 318. The van der Waals surface area contributed by atoms with Crippen molar-refractivity contribution in [2.24, 2.45) is 5.92 Å². The SMILES string of the molecule is O=C(CC1CCCCC1)c1ncccn1. The lowest BCUT2D eigenvalue weighted by molar-refractivity contribution is 0.0940. The van der Waals surface area contributed by atoms with Gasteiger partial charge in [-0.2, -0.15) is 0 Å².